The van der Waals surface area contributed by atoms with Gasteiger partial charge < -0.3 is 0 Å². The third-order valence-corrected chi connectivity index (χ3v) is 3.27. The normalized spacial score (nSPS) is 11.4. The minimum absolute atomic E-state index is 0.0672. The van der Waals surface area contributed by atoms with Gasteiger partial charge in [-0.1, -0.05) is 30.3 Å². The zero-order valence-electron chi connectivity index (χ0n) is 11.4. The molecule has 0 aliphatic heterocycles. The lowest BCUT2D eigenvalue weighted by Crippen LogP contribution is -2.11. The first-order valence-electron chi connectivity index (χ1n) is 6.59. The van der Waals surface area contributed by atoms with E-state index < -0.39 is 11.7 Å². The Morgan fingerprint density at radius 3 is 2.05 bits per heavy atom. The first-order chi connectivity index (χ1) is 10.6. The maximum Gasteiger partial charge on any atom is 0.419 e. The predicted octanol–water partition coefficient (Wildman–Crippen LogP) is 4.83. The fraction of sp³-hybridized carbons (Fsp3) is 0.0588. The summed E-state index contributed by atoms with van der Waals surface area (Å²) in [5.41, 5.74) is 0.200. The van der Waals surface area contributed by atoms with Crippen molar-refractivity contribution in [2.24, 2.45) is 0 Å². The van der Waals surface area contributed by atoms with Gasteiger partial charge in [-0.2, -0.15) is 13.2 Å². The number of pyridine rings is 2. The Morgan fingerprint density at radius 1 is 0.727 bits per heavy atom. The number of rotatable bonds is 2. The molecular weight excluding hydrogens is 289 g/mol. The van der Waals surface area contributed by atoms with Crippen LogP contribution < -0.4 is 0 Å². The van der Waals surface area contributed by atoms with Gasteiger partial charge >= 0.3 is 6.18 Å². The monoisotopic (exact) mass is 300 g/mol. The molecule has 0 unspecified atom stereocenters. The molecule has 1 aromatic carbocycles. The number of alkyl halides is 3. The molecule has 2 nitrogen and oxygen atoms in total. The zero-order valence-corrected chi connectivity index (χ0v) is 11.4. The van der Waals surface area contributed by atoms with Gasteiger partial charge in [-0.05, 0) is 29.3 Å². The van der Waals surface area contributed by atoms with Crippen LogP contribution in [-0.4, -0.2) is 9.97 Å². The second-order valence-corrected chi connectivity index (χ2v) is 4.68. The Labute approximate surface area is 125 Å². The molecule has 2 aromatic heterocycles. The van der Waals surface area contributed by atoms with Gasteiger partial charge in [0.25, 0.3) is 0 Å². The highest BCUT2D eigenvalue weighted by Gasteiger charge is 2.37. The van der Waals surface area contributed by atoms with Gasteiger partial charge in [-0.3, -0.25) is 9.97 Å². The maximum absolute atomic E-state index is 13.6. The van der Waals surface area contributed by atoms with Crippen LogP contribution in [0, 0.1) is 0 Å². The van der Waals surface area contributed by atoms with E-state index in [0.717, 1.165) is 0 Å². The van der Waals surface area contributed by atoms with E-state index >= 15 is 0 Å². The molecule has 0 saturated heterocycles. The molecule has 0 atom stereocenters. The standard InChI is InChI=1S/C17H11F3N2/c18-17(19,20)15-14(12-6-9-21-10-7-12)8-11-22-16(15)13-4-2-1-3-5-13/h1-11H. The van der Waals surface area contributed by atoms with Gasteiger partial charge in [-0.25, -0.2) is 0 Å². The summed E-state index contributed by atoms with van der Waals surface area (Å²) in [6.07, 6.45) is -0.165. The molecule has 0 fully saturated rings. The van der Waals surface area contributed by atoms with E-state index in [-0.39, 0.29) is 11.3 Å². The molecule has 3 rings (SSSR count). The van der Waals surface area contributed by atoms with Crippen molar-refractivity contribution in [1.82, 2.24) is 9.97 Å². The maximum atomic E-state index is 13.6. The van der Waals surface area contributed by atoms with Gasteiger partial charge in [0.2, 0.25) is 0 Å². The van der Waals surface area contributed by atoms with E-state index in [2.05, 4.69) is 9.97 Å². The van der Waals surface area contributed by atoms with Crippen LogP contribution in [0.2, 0.25) is 0 Å². The summed E-state index contributed by atoms with van der Waals surface area (Å²) in [4.78, 5) is 7.81. The largest absolute Gasteiger partial charge is 0.419 e. The fourth-order valence-electron chi connectivity index (χ4n) is 2.34. The van der Waals surface area contributed by atoms with Crippen LogP contribution in [0.1, 0.15) is 5.56 Å². The second kappa shape index (κ2) is 5.60. The minimum atomic E-state index is -4.50. The fourth-order valence-corrected chi connectivity index (χ4v) is 2.34. The number of halogens is 3. The first kappa shape index (κ1) is 14.3. The van der Waals surface area contributed by atoms with E-state index in [1.165, 1.54) is 24.7 Å². The quantitative estimate of drug-likeness (QED) is 0.677. The Morgan fingerprint density at radius 2 is 1.41 bits per heavy atom. The highest BCUT2D eigenvalue weighted by molar-refractivity contribution is 5.76. The van der Waals surface area contributed by atoms with E-state index in [1.54, 1.807) is 42.5 Å². The van der Waals surface area contributed by atoms with Crippen molar-refractivity contribution in [2.75, 3.05) is 0 Å². The first-order valence-corrected chi connectivity index (χ1v) is 6.59. The molecule has 22 heavy (non-hydrogen) atoms. The lowest BCUT2D eigenvalue weighted by molar-refractivity contribution is -0.136. The molecule has 110 valence electrons. The summed E-state index contributed by atoms with van der Waals surface area (Å²) in [6, 6.07) is 12.9. The van der Waals surface area contributed by atoms with Crippen molar-refractivity contribution in [1.29, 1.82) is 0 Å². The Hall–Kier alpha value is -2.69. The summed E-state index contributed by atoms with van der Waals surface area (Å²) in [5, 5.41) is 0. The number of nitrogens with zero attached hydrogens (tertiary/aromatic N) is 2. The summed E-state index contributed by atoms with van der Waals surface area (Å²) in [7, 11) is 0. The summed E-state index contributed by atoms with van der Waals surface area (Å²) >= 11 is 0. The van der Waals surface area contributed by atoms with Crippen molar-refractivity contribution in [3.8, 4) is 22.4 Å². The van der Waals surface area contributed by atoms with Crippen LogP contribution in [-0.2, 0) is 6.18 Å². The molecule has 0 bridgehead atoms. The van der Waals surface area contributed by atoms with Crippen molar-refractivity contribution < 1.29 is 13.2 Å². The third-order valence-electron chi connectivity index (χ3n) is 3.27. The summed E-state index contributed by atoms with van der Waals surface area (Å²) in [5.74, 6) is 0. The van der Waals surface area contributed by atoms with E-state index in [1.807, 2.05) is 0 Å². The van der Waals surface area contributed by atoms with E-state index in [0.29, 0.717) is 11.1 Å². The molecule has 2 heterocycles. The lowest BCUT2D eigenvalue weighted by Gasteiger charge is -2.16. The van der Waals surface area contributed by atoms with Crippen molar-refractivity contribution >= 4 is 0 Å². The summed E-state index contributed by atoms with van der Waals surface area (Å²) < 4.78 is 40.9. The molecular formula is C17H11F3N2. The van der Waals surface area contributed by atoms with Crippen molar-refractivity contribution in [2.45, 2.75) is 6.18 Å². The third kappa shape index (κ3) is 2.70. The van der Waals surface area contributed by atoms with Gasteiger partial charge in [0.1, 0.15) is 0 Å². The van der Waals surface area contributed by atoms with Crippen molar-refractivity contribution in [3.05, 3.63) is 72.7 Å². The molecule has 5 heteroatoms. The van der Waals surface area contributed by atoms with Crippen LogP contribution in [0.15, 0.2) is 67.1 Å². The number of hydrogen-bond donors (Lipinski definition) is 0. The number of aromatic nitrogens is 2. The molecule has 0 saturated carbocycles. The molecule has 0 spiro atoms. The molecule has 3 aromatic rings. The van der Waals surface area contributed by atoms with Gasteiger partial charge in [0.05, 0.1) is 11.3 Å². The SMILES string of the molecule is FC(F)(F)c1c(-c2ccncc2)ccnc1-c1ccccc1. The Bertz CT molecular complexity index is 711. The predicted molar refractivity (Wildman–Crippen MR) is 77.9 cm³/mol. The van der Waals surface area contributed by atoms with Crippen LogP contribution >= 0.6 is 0 Å². The minimum Gasteiger partial charge on any atom is -0.265 e. The topological polar surface area (TPSA) is 25.8 Å². The molecule has 0 aliphatic rings. The smallest absolute Gasteiger partial charge is 0.265 e. The number of hydrogen-bond acceptors (Lipinski definition) is 2. The lowest BCUT2D eigenvalue weighted by atomic mass is 9.96. The molecule has 0 radical (unpaired) electrons. The molecule has 0 N–H and O–H groups in total. The van der Waals surface area contributed by atoms with Gasteiger partial charge in [0.15, 0.2) is 0 Å². The van der Waals surface area contributed by atoms with Gasteiger partial charge in [-0.15, -0.1) is 0 Å². The summed E-state index contributed by atoms with van der Waals surface area (Å²) in [6.45, 7) is 0. The average molecular weight is 300 g/mol. The highest BCUT2D eigenvalue weighted by Crippen LogP contribution is 2.41. The Kier molecular flexibility index (Phi) is 3.63. The number of benzene rings is 1. The Balaban J connectivity index is 2.29. The van der Waals surface area contributed by atoms with Crippen LogP contribution in [0.3, 0.4) is 0 Å². The molecule has 0 amide bonds. The van der Waals surface area contributed by atoms with Crippen LogP contribution in [0.4, 0.5) is 13.2 Å². The highest BCUT2D eigenvalue weighted by atomic mass is 19.4. The average Bonchev–Trinajstić information content (AvgIpc) is 2.55. The van der Waals surface area contributed by atoms with E-state index in [4.69, 9.17) is 0 Å². The van der Waals surface area contributed by atoms with Gasteiger partial charge in [0, 0.05) is 24.2 Å². The van der Waals surface area contributed by atoms with Crippen LogP contribution in [0.25, 0.3) is 22.4 Å². The molecule has 0 aliphatic carbocycles. The second-order valence-electron chi connectivity index (χ2n) is 4.68. The van der Waals surface area contributed by atoms with Crippen molar-refractivity contribution in [3.63, 3.8) is 0 Å². The van der Waals surface area contributed by atoms with E-state index in [9.17, 15) is 13.2 Å². The zero-order chi connectivity index (χ0) is 15.6. The van der Waals surface area contributed by atoms with Crippen LogP contribution in [0.5, 0.6) is 0 Å².